The lowest BCUT2D eigenvalue weighted by Crippen LogP contribution is -2.44. The van der Waals surface area contributed by atoms with Gasteiger partial charge in [0.1, 0.15) is 18.5 Å². The number of aromatic nitrogens is 2. The Morgan fingerprint density at radius 2 is 2.20 bits per heavy atom. The van der Waals surface area contributed by atoms with Crippen molar-refractivity contribution in [2.75, 3.05) is 26.3 Å². The van der Waals surface area contributed by atoms with E-state index in [0.717, 1.165) is 37.8 Å². The van der Waals surface area contributed by atoms with E-state index in [9.17, 15) is 0 Å². The van der Waals surface area contributed by atoms with Gasteiger partial charge in [0.05, 0.1) is 6.61 Å². The number of hydrogen-bond acceptors (Lipinski definition) is 6. The zero-order valence-electron chi connectivity index (χ0n) is 15.5. The van der Waals surface area contributed by atoms with Crippen molar-refractivity contribution in [3.8, 4) is 5.88 Å². The normalized spacial score (nSPS) is 18.7. The van der Waals surface area contributed by atoms with Crippen molar-refractivity contribution >= 4 is 11.3 Å². The van der Waals surface area contributed by atoms with Crippen LogP contribution in [0.4, 0.5) is 0 Å². The predicted molar refractivity (Wildman–Crippen MR) is 100 cm³/mol. The van der Waals surface area contributed by atoms with Gasteiger partial charge in [0, 0.05) is 42.2 Å². The van der Waals surface area contributed by atoms with Crippen LogP contribution >= 0.6 is 11.3 Å². The van der Waals surface area contributed by atoms with Gasteiger partial charge in [0.2, 0.25) is 5.88 Å². The van der Waals surface area contributed by atoms with E-state index in [2.05, 4.69) is 47.1 Å². The average Bonchev–Trinajstić information content (AvgIpc) is 2.98. The third-order valence-corrected chi connectivity index (χ3v) is 5.35. The summed E-state index contributed by atoms with van der Waals surface area (Å²) in [5.41, 5.74) is 2.31. The van der Waals surface area contributed by atoms with E-state index in [4.69, 9.17) is 9.47 Å². The Morgan fingerprint density at radius 3 is 2.92 bits per heavy atom. The molecule has 5 nitrogen and oxygen atoms in total. The van der Waals surface area contributed by atoms with Crippen molar-refractivity contribution in [1.29, 1.82) is 0 Å². The van der Waals surface area contributed by atoms with E-state index in [1.807, 2.05) is 24.3 Å². The first-order valence-corrected chi connectivity index (χ1v) is 9.74. The van der Waals surface area contributed by atoms with Crippen LogP contribution in [0.15, 0.2) is 17.5 Å². The highest BCUT2D eigenvalue weighted by molar-refractivity contribution is 7.10. The summed E-state index contributed by atoms with van der Waals surface area (Å²) in [5, 5.41) is 2.16. The Kier molecular flexibility index (Phi) is 6.04. The molecule has 2 aromatic rings. The van der Waals surface area contributed by atoms with E-state index >= 15 is 0 Å². The second-order valence-electron chi connectivity index (χ2n) is 6.93. The maximum absolute atomic E-state index is 5.92. The maximum atomic E-state index is 5.92. The summed E-state index contributed by atoms with van der Waals surface area (Å²) in [4.78, 5) is 12.9. The molecule has 1 fully saturated rings. The smallest absolute Gasteiger partial charge is 0.216 e. The quantitative estimate of drug-likeness (QED) is 0.787. The molecule has 0 spiro atoms. The zero-order chi connectivity index (χ0) is 17.8. The number of thiophene rings is 1. The Balaban J connectivity index is 1.55. The molecule has 1 aliphatic rings. The van der Waals surface area contributed by atoms with Crippen LogP contribution in [0.25, 0.3) is 0 Å². The average molecular weight is 362 g/mol. The van der Waals surface area contributed by atoms with Gasteiger partial charge >= 0.3 is 0 Å². The third kappa shape index (κ3) is 5.00. The summed E-state index contributed by atoms with van der Waals surface area (Å²) in [6.07, 6.45) is 0.0757. The van der Waals surface area contributed by atoms with Gasteiger partial charge in [-0.25, -0.2) is 4.98 Å². The van der Waals surface area contributed by atoms with Gasteiger partial charge in [0.25, 0.3) is 0 Å². The fourth-order valence-corrected chi connectivity index (χ4v) is 3.81. The summed E-state index contributed by atoms with van der Waals surface area (Å²) in [7, 11) is 0. The van der Waals surface area contributed by atoms with Crippen LogP contribution in [0.5, 0.6) is 5.88 Å². The second-order valence-corrected chi connectivity index (χ2v) is 7.93. The van der Waals surface area contributed by atoms with E-state index in [0.29, 0.717) is 12.5 Å². The van der Waals surface area contributed by atoms with Gasteiger partial charge in [0.15, 0.2) is 0 Å². The summed E-state index contributed by atoms with van der Waals surface area (Å²) in [6.45, 7) is 12.5. The Morgan fingerprint density at radius 1 is 1.36 bits per heavy atom. The SMILES string of the molecule is Cc1cc(OCC2CN(Cc3sccc3C)CCO2)nc(C(C)C)n1. The van der Waals surface area contributed by atoms with Crippen molar-refractivity contribution in [1.82, 2.24) is 14.9 Å². The first-order valence-electron chi connectivity index (χ1n) is 8.86. The van der Waals surface area contributed by atoms with Crippen molar-refractivity contribution in [3.63, 3.8) is 0 Å². The van der Waals surface area contributed by atoms with Crippen LogP contribution < -0.4 is 4.74 Å². The number of rotatable bonds is 6. The molecule has 1 saturated heterocycles. The minimum Gasteiger partial charge on any atom is -0.475 e. The molecule has 3 heterocycles. The molecule has 1 aliphatic heterocycles. The van der Waals surface area contributed by atoms with Gasteiger partial charge in [-0.1, -0.05) is 13.8 Å². The van der Waals surface area contributed by atoms with E-state index in [-0.39, 0.29) is 12.0 Å². The highest BCUT2D eigenvalue weighted by Crippen LogP contribution is 2.20. The van der Waals surface area contributed by atoms with Gasteiger partial charge in [-0.2, -0.15) is 4.98 Å². The summed E-state index contributed by atoms with van der Waals surface area (Å²) in [6, 6.07) is 4.08. The molecule has 6 heteroatoms. The molecular formula is C19H27N3O2S. The van der Waals surface area contributed by atoms with Crippen LogP contribution in [0.3, 0.4) is 0 Å². The van der Waals surface area contributed by atoms with Crippen molar-refractivity contribution in [2.24, 2.45) is 0 Å². The molecule has 136 valence electrons. The van der Waals surface area contributed by atoms with Gasteiger partial charge in [-0.3, -0.25) is 4.90 Å². The fraction of sp³-hybridized carbons (Fsp3) is 0.579. The van der Waals surface area contributed by atoms with Gasteiger partial charge < -0.3 is 9.47 Å². The van der Waals surface area contributed by atoms with Crippen LogP contribution in [-0.2, 0) is 11.3 Å². The van der Waals surface area contributed by atoms with Crippen LogP contribution in [0, 0.1) is 13.8 Å². The van der Waals surface area contributed by atoms with Crippen LogP contribution in [-0.4, -0.2) is 47.3 Å². The molecule has 25 heavy (non-hydrogen) atoms. The maximum Gasteiger partial charge on any atom is 0.216 e. The molecule has 0 aliphatic carbocycles. The minimum absolute atomic E-state index is 0.0757. The number of nitrogens with zero attached hydrogens (tertiary/aromatic N) is 3. The number of aryl methyl sites for hydroxylation is 2. The number of hydrogen-bond donors (Lipinski definition) is 0. The van der Waals surface area contributed by atoms with Gasteiger partial charge in [-0.05, 0) is 30.9 Å². The van der Waals surface area contributed by atoms with Crippen molar-refractivity contribution in [3.05, 3.63) is 39.5 Å². The first-order chi connectivity index (χ1) is 12.0. The lowest BCUT2D eigenvalue weighted by atomic mass is 10.2. The molecule has 1 unspecified atom stereocenters. The fourth-order valence-electron chi connectivity index (χ4n) is 2.87. The van der Waals surface area contributed by atoms with E-state index in [1.165, 1.54) is 10.4 Å². The standard InChI is InChI=1S/C19H27N3O2S/c1-13(2)19-20-15(4)9-18(21-19)24-12-16-10-22(6-7-23-16)11-17-14(3)5-8-25-17/h5,8-9,13,16H,6-7,10-12H2,1-4H3. The third-order valence-electron chi connectivity index (χ3n) is 4.34. The highest BCUT2D eigenvalue weighted by atomic mass is 32.1. The van der Waals surface area contributed by atoms with Crippen molar-refractivity contribution in [2.45, 2.75) is 46.3 Å². The van der Waals surface area contributed by atoms with E-state index in [1.54, 1.807) is 0 Å². The molecule has 0 aromatic carbocycles. The number of morpholine rings is 1. The molecule has 2 aromatic heterocycles. The Hall–Kier alpha value is -1.50. The molecule has 0 amide bonds. The summed E-state index contributed by atoms with van der Waals surface area (Å²) in [5.74, 6) is 1.76. The van der Waals surface area contributed by atoms with Crippen LogP contribution in [0.1, 0.15) is 41.7 Å². The first kappa shape index (κ1) is 18.3. The lowest BCUT2D eigenvalue weighted by Gasteiger charge is -2.32. The second kappa shape index (κ2) is 8.25. The molecule has 0 radical (unpaired) electrons. The molecule has 0 saturated carbocycles. The monoisotopic (exact) mass is 361 g/mol. The molecule has 0 bridgehead atoms. The summed E-state index contributed by atoms with van der Waals surface area (Å²) < 4.78 is 11.8. The highest BCUT2D eigenvalue weighted by Gasteiger charge is 2.22. The summed E-state index contributed by atoms with van der Waals surface area (Å²) >= 11 is 1.83. The topological polar surface area (TPSA) is 47.5 Å². The predicted octanol–water partition coefficient (Wildman–Crippen LogP) is 3.56. The molecule has 1 atom stereocenters. The lowest BCUT2D eigenvalue weighted by molar-refractivity contribution is -0.0508. The largest absolute Gasteiger partial charge is 0.475 e. The van der Waals surface area contributed by atoms with E-state index < -0.39 is 0 Å². The zero-order valence-corrected chi connectivity index (χ0v) is 16.3. The van der Waals surface area contributed by atoms with Gasteiger partial charge in [-0.15, -0.1) is 11.3 Å². The molecule has 3 rings (SSSR count). The molecular weight excluding hydrogens is 334 g/mol. The Bertz CT molecular complexity index is 702. The molecule has 0 N–H and O–H groups in total. The number of ether oxygens (including phenoxy) is 2. The van der Waals surface area contributed by atoms with Crippen LogP contribution in [0.2, 0.25) is 0 Å². The Labute approximate surface area is 154 Å². The minimum atomic E-state index is 0.0757. The van der Waals surface area contributed by atoms with Crippen molar-refractivity contribution < 1.29 is 9.47 Å².